The molecule has 0 spiro atoms. The van der Waals surface area contributed by atoms with Gasteiger partial charge in [0, 0.05) is 36.0 Å². The molecule has 0 saturated carbocycles. The first-order valence-corrected chi connectivity index (χ1v) is 13.0. The van der Waals surface area contributed by atoms with Crippen LogP contribution >= 0.6 is 0 Å². The smallest absolute Gasteiger partial charge is 0.387 e. The summed E-state index contributed by atoms with van der Waals surface area (Å²) in [5.74, 6) is -0.0166. The summed E-state index contributed by atoms with van der Waals surface area (Å²) in [6.07, 6.45) is 0.947. The number of carbonyl (C=O) groups is 2. The minimum absolute atomic E-state index is 0.103. The Morgan fingerprint density at radius 3 is 2.73 bits per heavy atom. The maximum atomic E-state index is 13.6. The molecular weight excluding hydrogens is 522 g/mol. The Labute approximate surface area is 226 Å². The van der Waals surface area contributed by atoms with Crippen molar-refractivity contribution in [1.29, 1.82) is 0 Å². The van der Waals surface area contributed by atoms with Gasteiger partial charge in [0.25, 0.3) is 5.91 Å². The van der Waals surface area contributed by atoms with Crippen LogP contribution in [-0.2, 0) is 4.79 Å². The van der Waals surface area contributed by atoms with Gasteiger partial charge in [-0.3, -0.25) is 9.59 Å². The average molecular weight is 547 g/mol. The Bertz CT molecular complexity index is 1680. The average Bonchev–Trinajstić information content (AvgIpc) is 3.40. The third-order valence-electron chi connectivity index (χ3n) is 7.89. The van der Waals surface area contributed by atoms with E-state index in [9.17, 15) is 23.5 Å². The lowest BCUT2D eigenvalue weighted by Crippen LogP contribution is -2.53. The van der Waals surface area contributed by atoms with E-state index < -0.39 is 18.8 Å². The van der Waals surface area contributed by atoms with E-state index in [0.29, 0.717) is 48.1 Å². The van der Waals surface area contributed by atoms with Gasteiger partial charge in [-0.2, -0.15) is 8.78 Å². The Hall–Kier alpha value is -4.45. The van der Waals surface area contributed by atoms with E-state index in [1.807, 2.05) is 24.3 Å². The number of benzene rings is 2. The molecule has 1 amide bonds. The summed E-state index contributed by atoms with van der Waals surface area (Å²) in [7, 11) is 0. The number of aromatic nitrogens is 4. The molecule has 40 heavy (non-hydrogen) atoms. The largest absolute Gasteiger partial charge is 0.434 e. The summed E-state index contributed by atoms with van der Waals surface area (Å²) in [4.78, 5) is 41.1. The first kappa shape index (κ1) is 24.6. The number of fused-ring (bicyclic) bond motifs is 9. The number of hydrogen-bond donors (Lipinski definition) is 2. The number of hydrogen-bond acceptors (Lipinski definition) is 8. The van der Waals surface area contributed by atoms with E-state index in [-0.39, 0.29) is 35.0 Å². The number of para-hydroxylation sites is 2. The number of alkyl halides is 2. The summed E-state index contributed by atoms with van der Waals surface area (Å²) in [6, 6.07) is 11.4. The van der Waals surface area contributed by atoms with Crippen LogP contribution in [0.1, 0.15) is 47.2 Å². The van der Waals surface area contributed by atoms with Gasteiger partial charge in [-0.25, -0.2) is 15.0 Å². The predicted molar refractivity (Wildman–Crippen MR) is 139 cm³/mol. The van der Waals surface area contributed by atoms with Crippen LogP contribution in [0, 0.1) is 5.92 Å². The van der Waals surface area contributed by atoms with Crippen LogP contribution < -0.4 is 15.0 Å². The van der Waals surface area contributed by atoms with Crippen LogP contribution in [0.15, 0.2) is 48.7 Å². The van der Waals surface area contributed by atoms with Crippen LogP contribution in [0.3, 0.4) is 0 Å². The van der Waals surface area contributed by atoms with E-state index in [4.69, 9.17) is 9.72 Å². The molecular formula is C28H24F2N6O4. The molecule has 3 atom stereocenters. The highest BCUT2D eigenvalue weighted by atomic mass is 19.3. The van der Waals surface area contributed by atoms with E-state index >= 15 is 0 Å². The van der Waals surface area contributed by atoms with Crippen molar-refractivity contribution in [2.24, 2.45) is 5.92 Å². The number of nitrogens with one attached hydrogen (secondary N) is 1. The molecule has 2 aromatic carbocycles. The molecule has 7 rings (SSSR count). The third kappa shape index (κ3) is 3.74. The Morgan fingerprint density at radius 1 is 1.15 bits per heavy atom. The van der Waals surface area contributed by atoms with Crippen molar-refractivity contribution in [3.63, 3.8) is 0 Å². The van der Waals surface area contributed by atoms with Crippen LogP contribution in [0.25, 0.3) is 22.3 Å². The van der Waals surface area contributed by atoms with Gasteiger partial charge in [-0.15, -0.1) is 0 Å². The molecule has 3 aliphatic heterocycles. The fourth-order valence-electron chi connectivity index (χ4n) is 6.08. The lowest BCUT2D eigenvalue weighted by molar-refractivity contribution is -0.131. The molecule has 1 saturated heterocycles. The van der Waals surface area contributed by atoms with Crippen molar-refractivity contribution < 1.29 is 28.2 Å². The van der Waals surface area contributed by atoms with Crippen LogP contribution in [0.4, 0.5) is 14.7 Å². The zero-order chi connectivity index (χ0) is 27.7. The fraction of sp³-hybridized carbons (Fsp3) is 0.321. The molecule has 2 bridgehead atoms. The van der Waals surface area contributed by atoms with Crippen molar-refractivity contribution >= 4 is 28.7 Å². The van der Waals surface area contributed by atoms with Gasteiger partial charge >= 0.3 is 6.61 Å². The highest BCUT2D eigenvalue weighted by molar-refractivity contribution is 6.00. The second-order valence-corrected chi connectivity index (χ2v) is 10.3. The van der Waals surface area contributed by atoms with E-state index in [2.05, 4.69) is 19.9 Å². The van der Waals surface area contributed by atoms with Crippen molar-refractivity contribution in [3.05, 3.63) is 65.6 Å². The standard InChI is InChI=1S/C28H24F2N6O4/c1-13(37)24(38)14-11-35(12-14)28-31-9-8-17(34-28)23-21(40-27(29)30)7-6-15-22(23)20-10-18(33-26(15)39)25-32-16-4-2-3-5-19(16)36(20)25/h2-9,13-14,18,20,27,37H,10-12H2,1H3,(H,33,39)/t13?,18-,20-/m1/s1. The number of aliphatic hydroxyl groups is 1. The minimum atomic E-state index is -3.10. The summed E-state index contributed by atoms with van der Waals surface area (Å²) < 4.78 is 34.3. The van der Waals surface area contributed by atoms with Crippen LogP contribution in [-0.4, -0.2) is 62.1 Å². The number of halogens is 2. The molecule has 4 aromatic rings. The van der Waals surface area contributed by atoms with Crippen molar-refractivity contribution in [2.45, 2.75) is 38.1 Å². The van der Waals surface area contributed by atoms with E-state index in [1.54, 1.807) is 11.0 Å². The van der Waals surface area contributed by atoms with Gasteiger partial charge < -0.3 is 24.6 Å². The fourth-order valence-corrected chi connectivity index (χ4v) is 6.08. The topological polar surface area (TPSA) is 122 Å². The van der Waals surface area contributed by atoms with Crippen LogP contribution in [0.5, 0.6) is 5.75 Å². The summed E-state index contributed by atoms with van der Waals surface area (Å²) in [5, 5.41) is 12.7. The number of ether oxygens (including phenoxy) is 1. The quantitative estimate of drug-likeness (QED) is 0.378. The number of imidazole rings is 1. The molecule has 204 valence electrons. The molecule has 1 unspecified atom stereocenters. The maximum absolute atomic E-state index is 13.6. The third-order valence-corrected chi connectivity index (χ3v) is 7.89. The second kappa shape index (κ2) is 9.05. The van der Waals surface area contributed by atoms with Crippen LogP contribution in [0.2, 0.25) is 0 Å². The zero-order valence-corrected chi connectivity index (χ0v) is 21.3. The highest BCUT2D eigenvalue weighted by Crippen LogP contribution is 2.49. The predicted octanol–water partition coefficient (Wildman–Crippen LogP) is 3.26. The SMILES string of the molecule is CC(O)C(=O)C1CN(c2nccc(-c3c(OC(F)F)ccc4c3[C@H]3C[C@@H](NC4=O)c4nc5ccccc5n43)n2)C1. The first-order valence-electron chi connectivity index (χ1n) is 13.0. The molecule has 2 aromatic heterocycles. The van der Waals surface area contributed by atoms with E-state index in [0.717, 1.165) is 11.0 Å². The summed E-state index contributed by atoms with van der Waals surface area (Å²) in [5.41, 5.74) is 3.11. The monoisotopic (exact) mass is 546 g/mol. The normalized spacial score (nSPS) is 20.5. The zero-order valence-electron chi connectivity index (χ0n) is 21.3. The van der Waals surface area contributed by atoms with E-state index in [1.165, 1.54) is 25.3 Å². The molecule has 5 heterocycles. The Morgan fingerprint density at radius 2 is 1.95 bits per heavy atom. The molecule has 1 fully saturated rings. The number of anilines is 1. The number of aliphatic hydroxyl groups excluding tert-OH is 1. The van der Waals surface area contributed by atoms with Gasteiger partial charge in [0.1, 0.15) is 17.7 Å². The number of nitrogens with zero attached hydrogens (tertiary/aromatic N) is 5. The van der Waals surface area contributed by atoms with Gasteiger partial charge in [0.15, 0.2) is 5.78 Å². The summed E-state index contributed by atoms with van der Waals surface area (Å²) >= 11 is 0. The second-order valence-electron chi connectivity index (χ2n) is 10.3. The molecule has 10 nitrogen and oxygen atoms in total. The molecule has 2 N–H and O–H groups in total. The van der Waals surface area contributed by atoms with Gasteiger partial charge in [-0.1, -0.05) is 12.1 Å². The Kier molecular flexibility index (Phi) is 5.56. The Balaban J connectivity index is 1.38. The number of amides is 1. The van der Waals surface area contributed by atoms with Crippen molar-refractivity contribution in [1.82, 2.24) is 24.8 Å². The highest BCUT2D eigenvalue weighted by Gasteiger charge is 2.43. The minimum Gasteiger partial charge on any atom is -0.434 e. The first-order chi connectivity index (χ1) is 19.3. The number of rotatable bonds is 6. The van der Waals surface area contributed by atoms with Crippen molar-refractivity contribution in [3.8, 4) is 17.0 Å². The maximum Gasteiger partial charge on any atom is 0.387 e. The molecule has 12 heteroatoms. The lowest BCUT2D eigenvalue weighted by atomic mass is 9.90. The van der Waals surface area contributed by atoms with Crippen molar-refractivity contribution in [2.75, 3.05) is 18.0 Å². The van der Waals surface area contributed by atoms with Gasteiger partial charge in [0.05, 0.1) is 34.7 Å². The number of ketones is 1. The molecule has 3 aliphatic rings. The molecule has 0 aliphatic carbocycles. The number of Topliss-reactive ketones (excluding diaryl/α,β-unsaturated/α-hetero) is 1. The van der Waals surface area contributed by atoms with Gasteiger partial charge in [-0.05, 0) is 43.7 Å². The van der Waals surface area contributed by atoms with Gasteiger partial charge in [0.2, 0.25) is 5.95 Å². The lowest BCUT2D eigenvalue weighted by Gasteiger charge is -2.38. The number of carbonyl (C=O) groups excluding carboxylic acids is 2. The summed E-state index contributed by atoms with van der Waals surface area (Å²) in [6.45, 7) is -0.997. The molecule has 0 radical (unpaired) electrons.